The molecule has 3 heteroatoms. The fourth-order valence-electron chi connectivity index (χ4n) is 4.71. The SMILES string of the molecule is CC[Si](CC)(CC)O[C@H](C(=O)C1CCCCC1)C1CCCCC1. The maximum absolute atomic E-state index is 13.3. The summed E-state index contributed by atoms with van der Waals surface area (Å²) in [7, 11) is -1.71. The minimum Gasteiger partial charge on any atom is -0.407 e. The summed E-state index contributed by atoms with van der Waals surface area (Å²) in [4.78, 5) is 13.3. The standard InChI is InChI=1S/C20H38O2Si/c1-4-23(5-2,6-3)22-20(18-15-11-8-12-16-18)19(21)17-13-9-7-10-14-17/h17-18,20H,4-16H2,1-3H3/t20-/m0/s1. The molecule has 2 aliphatic rings. The quantitative estimate of drug-likeness (QED) is 0.499. The lowest BCUT2D eigenvalue weighted by atomic mass is 9.78. The van der Waals surface area contributed by atoms with Crippen LogP contribution < -0.4 is 0 Å². The summed E-state index contributed by atoms with van der Waals surface area (Å²) in [6.07, 6.45) is 12.3. The number of hydrogen-bond acceptors (Lipinski definition) is 2. The van der Waals surface area contributed by atoms with Crippen molar-refractivity contribution in [3.63, 3.8) is 0 Å². The van der Waals surface area contributed by atoms with Crippen LogP contribution in [0.5, 0.6) is 0 Å². The molecule has 23 heavy (non-hydrogen) atoms. The van der Waals surface area contributed by atoms with Crippen LogP contribution in [0.4, 0.5) is 0 Å². The first-order valence-electron chi connectivity index (χ1n) is 10.4. The molecule has 0 N–H and O–H groups in total. The molecule has 0 aliphatic heterocycles. The van der Waals surface area contributed by atoms with Gasteiger partial charge in [-0.05, 0) is 49.7 Å². The highest BCUT2D eigenvalue weighted by Gasteiger charge is 2.40. The molecule has 134 valence electrons. The van der Waals surface area contributed by atoms with Crippen LogP contribution in [-0.4, -0.2) is 20.2 Å². The molecule has 2 saturated carbocycles. The van der Waals surface area contributed by atoms with E-state index < -0.39 is 8.32 Å². The van der Waals surface area contributed by atoms with E-state index in [0.717, 1.165) is 31.0 Å². The fourth-order valence-corrected chi connectivity index (χ4v) is 7.56. The molecule has 2 aliphatic carbocycles. The lowest BCUT2D eigenvalue weighted by Crippen LogP contribution is -2.48. The molecule has 0 radical (unpaired) electrons. The summed E-state index contributed by atoms with van der Waals surface area (Å²) in [5, 5.41) is 0. The molecule has 0 heterocycles. The van der Waals surface area contributed by atoms with Crippen molar-refractivity contribution in [1.29, 1.82) is 0 Å². The molecule has 0 spiro atoms. The lowest BCUT2D eigenvalue weighted by molar-refractivity contribution is -0.134. The van der Waals surface area contributed by atoms with E-state index >= 15 is 0 Å². The average molecular weight is 339 g/mol. The first-order chi connectivity index (χ1) is 11.2. The third-order valence-electron chi connectivity index (χ3n) is 6.68. The third-order valence-corrected chi connectivity index (χ3v) is 11.3. The smallest absolute Gasteiger partial charge is 0.193 e. The van der Waals surface area contributed by atoms with Gasteiger partial charge >= 0.3 is 0 Å². The van der Waals surface area contributed by atoms with Gasteiger partial charge in [0.2, 0.25) is 0 Å². The second kappa shape index (κ2) is 9.36. The van der Waals surface area contributed by atoms with Crippen molar-refractivity contribution in [3.8, 4) is 0 Å². The van der Waals surface area contributed by atoms with Crippen LogP contribution in [0.1, 0.15) is 85.0 Å². The van der Waals surface area contributed by atoms with Gasteiger partial charge in [0.05, 0.1) is 0 Å². The predicted molar refractivity (Wildman–Crippen MR) is 100 cm³/mol. The van der Waals surface area contributed by atoms with Gasteiger partial charge in [-0.25, -0.2) is 0 Å². The Kier molecular flexibility index (Phi) is 7.80. The summed E-state index contributed by atoms with van der Waals surface area (Å²) in [5.74, 6) is 1.30. The van der Waals surface area contributed by atoms with Crippen LogP contribution in [-0.2, 0) is 9.22 Å². The second-order valence-electron chi connectivity index (χ2n) is 7.92. The van der Waals surface area contributed by atoms with Crippen LogP contribution in [0.3, 0.4) is 0 Å². The molecule has 2 nitrogen and oxygen atoms in total. The van der Waals surface area contributed by atoms with Crippen LogP contribution in [0.25, 0.3) is 0 Å². The summed E-state index contributed by atoms with van der Waals surface area (Å²) in [6.45, 7) is 6.84. The minimum absolute atomic E-state index is 0.0649. The van der Waals surface area contributed by atoms with Crippen molar-refractivity contribution < 1.29 is 9.22 Å². The van der Waals surface area contributed by atoms with Crippen LogP contribution in [0.2, 0.25) is 18.1 Å². The molecule has 0 aromatic rings. The van der Waals surface area contributed by atoms with Gasteiger partial charge < -0.3 is 4.43 Å². The van der Waals surface area contributed by atoms with Crippen molar-refractivity contribution in [2.45, 2.75) is 109 Å². The van der Waals surface area contributed by atoms with E-state index in [1.165, 1.54) is 51.4 Å². The van der Waals surface area contributed by atoms with Gasteiger partial charge in [0, 0.05) is 5.92 Å². The van der Waals surface area contributed by atoms with Crippen LogP contribution in [0, 0.1) is 11.8 Å². The van der Waals surface area contributed by atoms with E-state index in [4.69, 9.17) is 4.43 Å². The van der Waals surface area contributed by atoms with Crippen LogP contribution >= 0.6 is 0 Å². The van der Waals surface area contributed by atoms with E-state index in [2.05, 4.69) is 20.8 Å². The Morgan fingerprint density at radius 3 is 1.83 bits per heavy atom. The molecule has 0 aromatic heterocycles. The maximum Gasteiger partial charge on any atom is 0.193 e. The molecule has 0 unspecified atom stereocenters. The fraction of sp³-hybridized carbons (Fsp3) is 0.950. The van der Waals surface area contributed by atoms with Gasteiger partial charge in [-0.1, -0.05) is 59.3 Å². The van der Waals surface area contributed by atoms with E-state index in [1.807, 2.05) is 0 Å². The predicted octanol–water partition coefficient (Wildman–Crippen LogP) is 6.11. The van der Waals surface area contributed by atoms with Crippen LogP contribution in [0.15, 0.2) is 0 Å². The van der Waals surface area contributed by atoms with E-state index in [1.54, 1.807) is 0 Å². The van der Waals surface area contributed by atoms with Gasteiger partial charge in [0.25, 0.3) is 0 Å². The number of Topliss-reactive ketones (excluding diaryl/α,β-unsaturated/α-hetero) is 1. The van der Waals surface area contributed by atoms with Crippen molar-refractivity contribution in [2.24, 2.45) is 11.8 Å². The average Bonchev–Trinajstić information content (AvgIpc) is 2.64. The monoisotopic (exact) mass is 338 g/mol. The Labute approximate surface area is 144 Å². The topological polar surface area (TPSA) is 26.3 Å². The summed E-state index contributed by atoms with van der Waals surface area (Å²) in [6, 6.07) is 3.46. The third kappa shape index (κ3) is 4.91. The van der Waals surface area contributed by atoms with Gasteiger partial charge in [-0.15, -0.1) is 0 Å². The van der Waals surface area contributed by atoms with E-state index in [9.17, 15) is 4.79 Å². The highest BCUT2D eigenvalue weighted by Crippen LogP contribution is 2.36. The highest BCUT2D eigenvalue weighted by molar-refractivity contribution is 6.73. The Morgan fingerprint density at radius 1 is 0.870 bits per heavy atom. The highest BCUT2D eigenvalue weighted by atomic mass is 28.4. The molecule has 0 aromatic carbocycles. The Bertz CT molecular complexity index is 344. The zero-order chi connectivity index (χ0) is 16.7. The molecule has 0 bridgehead atoms. The summed E-state index contributed by atoms with van der Waals surface area (Å²) >= 11 is 0. The number of carbonyl (C=O) groups excluding carboxylic acids is 1. The van der Waals surface area contributed by atoms with Gasteiger partial charge in [0.15, 0.2) is 14.1 Å². The number of rotatable bonds is 8. The number of carbonyl (C=O) groups is 1. The number of ketones is 1. The Morgan fingerprint density at radius 2 is 1.35 bits per heavy atom. The summed E-state index contributed by atoms with van der Waals surface area (Å²) in [5.41, 5.74) is 0. The largest absolute Gasteiger partial charge is 0.407 e. The van der Waals surface area contributed by atoms with E-state index in [-0.39, 0.29) is 6.10 Å². The number of hydrogen-bond donors (Lipinski definition) is 0. The molecule has 0 saturated heterocycles. The zero-order valence-electron chi connectivity index (χ0n) is 15.7. The molecular weight excluding hydrogens is 300 g/mol. The van der Waals surface area contributed by atoms with Crippen molar-refractivity contribution >= 4 is 14.1 Å². The summed E-state index contributed by atoms with van der Waals surface area (Å²) < 4.78 is 6.83. The molecule has 2 rings (SSSR count). The van der Waals surface area contributed by atoms with Gasteiger partial charge in [0.1, 0.15) is 6.10 Å². The first-order valence-corrected chi connectivity index (χ1v) is 12.9. The van der Waals surface area contributed by atoms with Gasteiger partial charge in [-0.3, -0.25) is 4.79 Å². The minimum atomic E-state index is -1.71. The van der Waals surface area contributed by atoms with E-state index in [0.29, 0.717) is 17.6 Å². The van der Waals surface area contributed by atoms with Crippen molar-refractivity contribution in [1.82, 2.24) is 0 Å². The first kappa shape index (κ1) is 19.2. The molecule has 2 fully saturated rings. The maximum atomic E-state index is 13.3. The Hall–Kier alpha value is -0.153. The van der Waals surface area contributed by atoms with Crippen molar-refractivity contribution in [3.05, 3.63) is 0 Å². The Balaban J connectivity index is 2.14. The van der Waals surface area contributed by atoms with Crippen molar-refractivity contribution in [2.75, 3.05) is 0 Å². The molecule has 0 amide bonds. The normalized spacial score (nSPS) is 22.9. The molecular formula is C20H38O2Si. The van der Waals surface area contributed by atoms with Gasteiger partial charge in [-0.2, -0.15) is 0 Å². The molecule has 1 atom stereocenters. The zero-order valence-corrected chi connectivity index (χ0v) is 16.7. The second-order valence-corrected chi connectivity index (χ2v) is 12.6. The lowest BCUT2D eigenvalue weighted by Gasteiger charge is -2.39.